The Bertz CT molecular complexity index is 797. The number of rotatable bonds is 4. The van der Waals surface area contributed by atoms with E-state index in [9.17, 15) is 17.8 Å². The van der Waals surface area contributed by atoms with E-state index in [1.807, 2.05) is 0 Å². The average Bonchev–Trinajstić information content (AvgIpc) is 2.45. The second-order valence-electron chi connectivity index (χ2n) is 4.57. The van der Waals surface area contributed by atoms with E-state index >= 15 is 0 Å². The predicted octanol–water partition coefficient (Wildman–Crippen LogP) is 2.57. The van der Waals surface area contributed by atoms with Crippen molar-refractivity contribution in [2.45, 2.75) is 11.8 Å². The molecule has 0 saturated heterocycles. The minimum Gasteiger partial charge on any atom is -0.497 e. The van der Waals surface area contributed by atoms with Crippen LogP contribution >= 0.6 is 0 Å². The van der Waals surface area contributed by atoms with Gasteiger partial charge in [0, 0.05) is 12.5 Å². The molecule has 6 nitrogen and oxygen atoms in total. The maximum atomic E-state index is 11.7. The number of benzene rings is 2. The Labute approximate surface area is 128 Å². The molecule has 0 spiro atoms. The molecule has 0 fully saturated rings. The van der Waals surface area contributed by atoms with E-state index < -0.39 is 16.0 Å². The molecule has 0 bridgehead atoms. The minimum atomic E-state index is -4.52. The molecular formula is C15H15NO5S. The van der Waals surface area contributed by atoms with Crippen LogP contribution in [-0.4, -0.2) is 26.0 Å². The van der Waals surface area contributed by atoms with Crippen molar-refractivity contribution in [1.29, 1.82) is 0 Å². The van der Waals surface area contributed by atoms with Gasteiger partial charge >= 0.3 is 0 Å². The second kappa shape index (κ2) is 6.17. The Hall–Kier alpha value is -2.38. The van der Waals surface area contributed by atoms with Crippen LogP contribution in [0.3, 0.4) is 0 Å². The maximum absolute atomic E-state index is 11.7. The normalized spacial score (nSPS) is 11.0. The summed E-state index contributed by atoms with van der Waals surface area (Å²) in [5, 5.41) is 2.41. The molecule has 0 radical (unpaired) electrons. The van der Waals surface area contributed by atoms with Gasteiger partial charge in [-0.05, 0) is 23.8 Å². The molecule has 0 heterocycles. The van der Waals surface area contributed by atoms with Gasteiger partial charge in [-0.2, -0.15) is 8.42 Å². The molecule has 0 unspecified atom stereocenters. The third-order valence-corrected chi connectivity index (χ3v) is 3.94. The van der Waals surface area contributed by atoms with Gasteiger partial charge in [0.1, 0.15) is 10.6 Å². The lowest BCUT2D eigenvalue weighted by molar-refractivity contribution is -0.114. The van der Waals surface area contributed by atoms with Gasteiger partial charge in [-0.25, -0.2) is 0 Å². The number of carbonyl (C=O) groups excluding carboxylic acids is 1. The molecule has 0 aromatic heterocycles. The van der Waals surface area contributed by atoms with Gasteiger partial charge in [0.15, 0.2) is 0 Å². The van der Waals surface area contributed by atoms with Crippen LogP contribution < -0.4 is 10.1 Å². The maximum Gasteiger partial charge on any atom is 0.297 e. The van der Waals surface area contributed by atoms with Crippen LogP contribution in [0.4, 0.5) is 5.69 Å². The monoisotopic (exact) mass is 321 g/mol. The van der Waals surface area contributed by atoms with E-state index in [1.165, 1.54) is 20.1 Å². The lowest BCUT2D eigenvalue weighted by Gasteiger charge is -2.13. The van der Waals surface area contributed by atoms with E-state index in [1.54, 1.807) is 36.4 Å². The smallest absolute Gasteiger partial charge is 0.297 e. The van der Waals surface area contributed by atoms with Crippen LogP contribution in [0, 0.1) is 0 Å². The van der Waals surface area contributed by atoms with Gasteiger partial charge in [0.05, 0.1) is 12.8 Å². The van der Waals surface area contributed by atoms with Crippen molar-refractivity contribution in [3.05, 3.63) is 42.5 Å². The first-order chi connectivity index (χ1) is 10.3. The van der Waals surface area contributed by atoms with E-state index in [0.29, 0.717) is 11.3 Å². The molecule has 0 aliphatic rings. The van der Waals surface area contributed by atoms with E-state index in [-0.39, 0.29) is 16.1 Å². The van der Waals surface area contributed by atoms with Crippen LogP contribution in [-0.2, 0) is 14.9 Å². The molecule has 7 heteroatoms. The van der Waals surface area contributed by atoms with Crippen LogP contribution in [0.2, 0.25) is 0 Å². The highest BCUT2D eigenvalue weighted by Crippen LogP contribution is 2.33. The van der Waals surface area contributed by atoms with Crippen molar-refractivity contribution < 1.29 is 22.5 Å². The summed E-state index contributed by atoms with van der Waals surface area (Å²) in [5.74, 6) is 0.187. The Balaban J connectivity index is 2.66. The molecule has 0 aliphatic carbocycles. The molecule has 2 aromatic rings. The van der Waals surface area contributed by atoms with Gasteiger partial charge in [-0.3, -0.25) is 9.35 Å². The number of carbonyl (C=O) groups is 1. The van der Waals surface area contributed by atoms with E-state index in [2.05, 4.69) is 5.32 Å². The summed E-state index contributed by atoms with van der Waals surface area (Å²) in [4.78, 5) is 10.9. The third-order valence-electron chi connectivity index (χ3n) is 2.98. The molecule has 2 N–H and O–H groups in total. The zero-order valence-corrected chi connectivity index (χ0v) is 12.8. The van der Waals surface area contributed by atoms with Crippen molar-refractivity contribution in [1.82, 2.24) is 0 Å². The standard InChI is InChI=1S/C15H15NO5S/c1-10(17)16-14-5-3-4-13(15(14)22(18,19)20)11-6-8-12(21-2)9-7-11/h3-9H,1-2H3,(H,16,17)(H,18,19,20). The summed E-state index contributed by atoms with van der Waals surface area (Å²) in [6, 6.07) is 11.2. The number of hydrogen-bond acceptors (Lipinski definition) is 4. The first-order valence-corrected chi connectivity index (χ1v) is 7.79. The summed E-state index contributed by atoms with van der Waals surface area (Å²) in [7, 11) is -3.00. The number of hydrogen-bond donors (Lipinski definition) is 2. The van der Waals surface area contributed by atoms with Crippen molar-refractivity contribution in [3.8, 4) is 16.9 Å². The fourth-order valence-corrected chi connectivity index (χ4v) is 2.96. The first-order valence-electron chi connectivity index (χ1n) is 6.35. The number of methoxy groups -OCH3 is 1. The molecule has 2 rings (SSSR count). The van der Waals surface area contributed by atoms with Gasteiger partial charge < -0.3 is 10.1 Å². The van der Waals surface area contributed by atoms with Crippen LogP contribution in [0.25, 0.3) is 11.1 Å². The van der Waals surface area contributed by atoms with Gasteiger partial charge in [0.25, 0.3) is 10.1 Å². The fourth-order valence-electron chi connectivity index (χ4n) is 2.10. The predicted molar refractivity (Wildman–Crippen MR) is 82.5 cm³/mol. The second-order valence-corrected chi connectivity index (χ2v) is 5.93. The van der Waals surface area contributed by atoms with E-state index in [4.69, 9.17) is 4.74 Å². The highest BCUT2D eigenvalue weighted by Gasteiger charge is 2.22. The van der Waals surface area contributed by atoms with Gasteiger partial charge in [0.2, 0.25) is 5.91 Å². The van der Waals surface area contributed by atoms with E-state index in [0.717, 1.165) is 0 Å². The fraction of sp³-hybridized carbons (Fsp3) is 0.133. The molecule has 2 aromatic carbocycles. The quantitative estimate of drug-likeness (QED) is 0.844. The Morgan fingerprint density at radius 2 is 1.77 bits per heavy atom. The first kappa shape index (κ1) is 16.0. The van der Waals surface area contributed by atoms with Crippen molar-refractivity contribution >= 4 is 21.7 Å². The minimum absolute atomic E-state index is 0.0309. The third kappa shape index (κ3) is 3.44. The SMILES string of the molecule is COc1ccc(-c2cccc(NC(C)=O)c2S(=O)(=O)O)cc1. The zero-order valence-electron chi connectivity index (χ0n) is 12.0. The number of nitrogens with one attached hydrogen (secondary N) is 1. The molecule has 116 valence electrons. The van der Waals surface area contributed by atoms with Crippen molar-refractivity contribution in [2.75, 3.05) is 12.4 Å². The molecule has 22 heavy (non-hydrogen) atoms. The Morgan fingerprint density at radius 3 is 2.27 bits per heavy atom. The summed E-state index contributed by atoms with van der Waals surface area (Å²) in [6.07, 6.45) is 0. The summed E-state index contributed by atoms with van der Waals surface area (Å²) in [5.41, 5.74) is 0.889. The van der Waals surface area contributed by atoms with Crippen molar-refractivity contribution in [3.63, 3.8) is 0 Å². The average molecular weight is 321 g/mol. The Kier molecular flexibility index (Phi) is 4.48. The molecule has 0 aliphatic heterocycles. The largest absolute Gasteiger partial charge is 0.497 e. The van der Waals surface area contributed by atoms with Crippen LogP contribution in [0.1, 0.15) is 6.92 Å². The van der Waals surface area contributed by atoms with Gasteiger partial charge in [-0.1, -0.05) is 24.3 Å². The lowest BCUT2D eigenvalue weighted by Crippen LogP contribution is -2.11. The van der Waals surface area contributed by atoms with Gasteiger partial charge in [-0.15, -0.1) is 0 Å². The zero-order chi connectivity index (χ0) is 16.3. The Morgan fingerprint density at radius 1 is 1.14 bits per heavy atom. The highest BCUT2D eigenvalue weighted by molar-refractivity contribution is 7.86. The molecular weight excluding hydrogens is 306 g/mol. The number of amides is 1. The summed E-state index contributed by atoms with van der Waals surface area (Å²) < 4.78 is 38.0. The highest BCUT2D eigenvalue weighted by atomic mass is 32.2. The summed E-state index contributed by atoms with van der Waals surface area (Å²) in [6.45, 7) is 1.26. The van der Waals surface area contributed by atoms with Crippen LogP contribution in [0.5, 0.6) is 5.75 Å². The molecule has 0 saturated carbocycles. The van der Waals surface area contributed by atoms with Crippen molar-refractivity contribution in [2.24, 2.45) is 0 Å². The number of ether oxygens (including phenoxy) is 1. The number of anilines is 1. The topological polar surface area (TPSA) is 92.7 Å². The molecule has 1 amide bonds. The molecule has 0 atom stereocenters. The summed E-state index contributed by atoms with van der Waals surface area (Å²) >= 11 is 0. The lowest BCUT2D eigenvalue weighted by atomic mass is 10.0. The van der Waals surface area contributed by atoms with Crippen LogP contribution in [0.15, 0.2) is 47.4 Å².